The molecular formula is C13H17NO2S. The normalized spacial score (nSPS) is 23.2. The van der Waals surface area contributed by atoms with Crippen LogP contribution in [0.5, 0.6) is 0 Å². The number of thiazole rings is 1. The SMILES string of the molecule is CCOC(=O)C1CCc2sc(C3CCC3)nc21. The molecule has 92 valence electrons. The fraction of sp³-hybridized carbons (Fsp3) is 0.692. The molecule has 0 saturated heterocycles. The van der Waals surface area contributed by atoms with Gasteiger partial charge in [-0.05, 0) is 32.6 Å². The first-order chi connectivity index (χ1) is 8.29. The molecule has 0 spiro atoms. The fourth-order valence-corrected chi connectivity index (χ4v) is 3.86. The lowest BCUT2D eigenvalue weighted by atomic mass is 9.86. The predicted octanol–water partition coefficient (Wildman–Crippen LogP) is 3.00. The van der Waals surface area contributed by atoms with Gasteiger partial charge in [0.05, 0.1) is 17.3 Å². The Hall–Kier alpha value is -0.900. The van der Waals surface area contributed by atoms with Crippen molar-refractivity contribution in [3.05, 3.63) is 15.6 Å². The lowest BCUT2D eigenvalue weighted by Crippen LogP contribution is -2.15. The van der Waals surface area contributed by atoms with Crippen molar-refractivity contribution < 1.29 is 9.53 Å². The Bertz CT molecular complexity index is 437. The van der Waals surface area contributed by atoms with E-state index in [1.54, 1.807) is 0 Å². The van der Waals surface area contributed by atoms with Crippen molar-refractivity contribution in [1.29, 1.82) is 0 Å². The zero-order valence-electron chi connectivity index (χ0n) is 10.1. The maximum atomic E-state index is 11.8. The molecule has 1 atom stereocenters. The van der Waals surface area contributed by atoms with E-state index in [2.05, 4.69) is 0 Å². The summed E-state index contributed by atoms with van der Waals surface area (Å²) in [6, 6.07) is 0. The van der Waals surface area contributed by atoms with Crippen LogP contribution in [0.25, 0.3) is 0 Å². The number of nitrogens with zero attached hydrogens (tertiary/aromatic N) is 1. The molecular weight excluding hydrogens is 234 g/mol. The Morgan fingerprint density at radius 2 is 2.29 bits per heavy atom. The fourth-order valence-electron chi connectivity index (χ4n) is 2.55. The average Bonchev–Trinajstić information content (AvgIpc) is 2.74. The van der Waals surface area contributed by atoms with E-state index in [-0.39, 0.29) is 11.9 Å². The van der Waals surface area contributed by atoms with Gasteiger partial charge in [0.15, 0.2) is 0 Å². The number of ether oxygens (including phenoxy) is 1. The van der Waals surface area contributed by atoms with Crippen LogP contribution in [-0.2, 0) is 16.0 Å². The smallest absolute Gasteiger partial charge is 0.315 e. The maximum absolute atomic E-state index is 11.8. The molecule has 2 aliphatic carbocycles. The first-order valence-electron chi connectivity index (χ1n) is 6.45. The lowest BCUT2D eigenvalue weighted by Gasteiger charge is -2.22. The van der Waals surface area contributed by atoms with E-state index in [9.17, 15) is 4.79 Å². The molecule has 0 aromatic carbocycles. The maximum Gasteiger partial charge on any atom is 0.315 e. The molecule has 0 bridgehead atoms. The zero-order valence-corrected chi connectivity index (χ0v) is 10.9. The summed E-state index contributed by atoms with van der Waals surface area (Å²) >= 11 is 1.83. The third-order valence-electron chi connectivity index (χ3n) is 3.76. The van der Waals surface area contributed by atoms with Crippen LogP contribution < -0.4 is 0 Å². The summed E-state index contributed by atoms with van der Waals surface area (Å²) in [4.78, 5) is 17.9. The van der Waals surface area contributed by atoms with E-state index in [4.69, 9.17) is 9.72 Å². The Kier molecular flexibility index (Phi) is 2.90. The van der Waals surface area contributed by atoms with Crippen molar-refractivity contribution in [1.82, 2.24) is 4.98 Å². The summed E-state index contributed by atoms with van der Waals surface area (Å²) in [5.74, 6) is 0.500. The molecule has 1 aromatic heterocycles. The number of aromatic nitrogens is 1. The highest BCUT2D eigenvalue weighted by Crippen LogP contribution is 2.44. The molecule has 1 unspecified atom stereocenters. The molecule has 4 heteroatoms. The standard InChI is InChI=1S/C13H17NO2S/c1-2-16-13(15)9-6-7-10-11(9)14-12(17-10)8-4-3-5-8/h8-9H,2-7H2,1H3. The van der Waals surface area contributed by atoms with E-state index in [0.29, 0.717) is 12.5 Å². The van der Waals surface area contributed by atoms with Crippen LogP contribution >= 0.6 is 11.3 Å². The van der Waals surface area contributed by atoms with Crippen molar-refractivity contribution in [2.45, 2.75) is 50.9 Å². The van der Waals surface area contributed by atoms with Gasteiger partial charge in [-0.2, -0.15) is 0 Å². The highest BCUT2D eigenvalue weighted by molar-refractivity contribution is 7.11. The summed E-state index contributed by atoms with van der Waals surface area (Å²) in [6.07, 6.45) is 5.77. The molecule has 0 radical (unpaired) electrons. The summed E-state index contributed by atoms with van der Waals surface area (Å²) < 4.78 is 5.12. The van der Waals surface area contributed by atoms with E-state index < -0.39 is 0 Å². The predicted molar refractivity (Wildman–Crippen MR) is 66.4 cm³/mol. The minimum atomic E-state index is -0.0879. The van der Waals surface area contributed by atoms with E-state index >= 15 is 0 Å². The monoisotopic (exact) mass is 251 g/mol. The first-order valence-corrected chi connectivity index (χ1v) is 7.27. The molecule has 1 aromatic rings. The summed E-state index contributed by atoms with van der Waals surface area (Å²) in [5.41, 5.74) is 1.02. The van der Waals surface area contributed by atoms with Crippen LogP contribution in [0.1, 0.15) is 60.0 Å². The largest absolute Gasteiger partial charge is 0.465 e. The molecule has 1 saturated carbocycles. The Balaban J connectivity index is 1.80. The van der Waals surface area contributed by atoms with Crippen molar-refractivity contribution >= 4 is 17.3 Å². The van der Waals surface area contributed by atoms with Crippen LogP contribution in [-0.4, -0.2) is 17.6 Å². The van der Waals surface area contributed by atoms with Gasteiger partial charge in [0.25, 0.3) is 0 Å². The van der Waals surface area contributed by atoms with E-state index in [1.165, 1.54) is 29.1 Å². The number of hydrogen-bond donors (Lipinski definition) is 0. The minimum Gasteiger partial charge on any atom is -0.465 e. The third kappa shape index (κ3) is 1.88. The van der Waals surface area contributed by atoms with Gasteiger partial charge in [-0.15, -0.1) is 11.3 Å². The molecule has 1 fully saturated rings. The number of carbonyl (C=O) groups is 1. The van der Waals surface area contributed by atoms with E-state index in [1.807, 2.05) is 18.3 Å². The van der Waals surface area contributed by atoms with Crippen LogP contribution in [0.2, 0.25) is 0 Å². The van der Waals surface area contributed by atoms with Gasteiger partial charge in [0.2, 0.25) is 0 Å². The van der Waals surface area contributed by atoms with Crippen molar-refractivity contribution in [2.24, 2.45) is 0 Å². The molecule has 0 aliphatic heterocycles. The third-order valence-corrected chi connectivity index (χ3v) is 5.05. The van der Waals surface area contributed by atoms with Crippen LogP contribution in [0.4, 0.5) is 0 Å². The molecule has 17 heavy (non-hydrogen) atoms. The minimum absolute atomic E-state index is 0.0864. The average molecular weight is 251 g/mol. The van der Waals surface area contributed by atoms with Crippen molar-refractivity contribution in [2.75, 3.05) is 6.61 Å². The number of rotatable bonds is 3. The molecule has 0 amide bonds. The second-order valence-electron chi connectivity index (χ2n) is 4.83. The lowest BCUT2D eigenvalue weighted by molar-refractivity contribution is -0.145. The highest BCUT2D eigenvalue weighted by atomic mass is 32.1. The number of hydrogen-bond acceptors (Lipinski definition) is 4. The molecule has 3 nitrogen and oxygen atoms in total. The number of fused-ring (bicyclic) bond motifs is 1. The van der Waals surface area contributed by atoms with Gasteiger partial charge >= 0.3 is 5.97 Å². The second kappa shape index (κ2) is 4.41. The molecule has 2 aliphatic rings. The molecule has 3 rings (SSSR count). The van der Waals surface area contributed by atoms with Gasteiger partial charge in [-0.25, -0.2) is 4.98 Å². The quantitative estimate of drug-likeness (QED) is 0.775. The van der Waals surface area contributed by atoms with Crippen LogP contribution in [0, 0.1) is 0 Å². The summed E-state index contributed by atoms with van der Waals surface area (Å²) in [7, 11) is 0. The molecule has 1 heterocycles. The zero-order chi connectivity index (χ0) is 11.8. The number of aryl methyl sites for hydroxylation is 1. The summed E-state index contributed by atoms with van der Waals surface area (Å²) in [6.45, 7) is 2.32. The summed E-state index contributed by atoms with van der Waals surface area (Å²) in [5, 5.41) is 1.26. The van der Waals surface area contributed by atoms with Crippen molar-refractivity contribution in [3.8, 4) is 0 Å². The van der Waals surface area contributed by atoms with Crippen molar-refractivity contribution in [3.63, 3.8) is 0 Å². The Morgan fingerprint density at radius 3 is 2.94 bits per heavy atom. The van der Waals surface area contributed by atoms with Crippen LogP contribution in [0.15, 0.2) is 0 Å². The van der Waals surface area contributed by atoms with Gasteiger partial charge < -0.3 is 4.74 Å². The number of esters is 1. The Morgan fingerprint density at radius 1 is 1.47 bits per heavy atom. The Labute approximate surface area is 105 Å². The topological polar surface area (TPSA) is 39.2 Å². The van der Waals surface area contributed by atoms with Gasteiger partial charge in [0.1, 0.15) is 5.92 Å². The van der Waals surface area contributed by atoms with E-state index in [0.717, 1.165) is 18.5 Å². The first kappa shape index (κ1) is 11.2. The van der Waals surface area contributed by atoms with Gasteiger partial charge in [-0.1, -0.05) is 6.42 Å². The molecule has 0 N–H and O–H groups in total. The van der Waals surface area contributed by atoms with Gasteiger partial charge in [-0.3, -0.25) is 4.79 Å². The highest BCUT2D eigenvalue weighted by Gasteiger charge is 2.35. The second-order valence-corrected chi connectivity index (χ2v) is 5.95. The van der Waals surface area contributed by atoms with Crippen LogP contribution in [0.3, 0.4) is 0 Å². The van der Waals surface area contributed by atoms with Gasteiger partial charge in [0, 0.05) is 10.8 Å². The number of carbonyl (C=O) groups excluding carboxylic acids is 1.